The van der Waals surface area contributed by atoms with Gasteiger partial charge in [0.15, 0.2) is 0 Å². The number of benzene rings is 1. The highest BCUT2D eigenvalue weighted by atomic mass is 32.2. The Hall–Kier alpha value is -3.42. The fourth-order valence-electron chi connectivity index (χ4n) is 3.86. The quantitative estimate of drug-likeness (QED) is 0.122. The van der Waals surface area contributed by atoms with E-state index in [1.54, 1.807) is 6.20 Å². The summed E-state index contributed by atoms with van der Waals surface area (Å²) in [5.41, 5.74) is 13.0. The third-order valence-corrected chi connectivity index (χ3v) is 6.70. The monoisotopic (exact) mass is 561 g/mol. The largest absolute Gasteiger partial charge is 0.480 e. The van der Waals surface area contributed by atoms with E-state index in [-0.39, 0.29) is 25.7 Å². The van der Waals surface area contributed by atoms with Crippen LogP contribution in [0, 0.1) is 0 Å². The van der Waals surface area contributed by atoms with Gasteiger partial charge in [-0.15, -0.1) is 0 Å². The summed E-state index contributed by atoms with van der Waals surface area (Å²) in [6.07, 6.45) is 6.96. The molecule has 39 heavy (non-hydrogen) atoms. The number of carbonyl (C=O) groups excluding carboxylic acids is 3. The van der Waals surface area contributed by atoms with Gasteiger partial charge in [0.1, 0.15) is 18.1 Å². The van der Waals surface area contributed by atoms with Crippen LogP contribution in [-0.2, 0) is 32.0 Å². The highest BCUT2D eigenvalue weighted by Gasteiger charge is 2.30. The van der Waals surface area contributed by atoms with Crippen molar-refractivity contribution < 1.29 is 24.3 Å². The van der Waals surface area contributed by atoms with Crippen LogP contribution in [0.5, 0.6) is 0 Å². The molecule has 3 amide bonds. The van der Waals surface area contributed by atoms with Gasteiger partial charge in [0.2, 0.25) is 17.7 Å². The van der Waals surface area contributed by atoms with Crippen molar-refractivity contribution in [2.75, 3.05) is 18.6 Å². The zero-order valence-corrected chi connectivity index (χ0v) is 22.9. The number of thioether (sulfide) groups is 1. The summed E-state index contributed by atoms with van der Waals surface area (Å²) in [6, 6.07) is 5.10. The summed E-state index contributed by atoms with van der Waals surface area (Å²) in [7, 11) is 0. The van der Waals surface area contributed by atoms with Gasteiger partial charge in [0.25, 0.3) is 0 Å². The van der Waals surface area contributed by atoms with E-state index in [2.05, 4.69) is 25.9 Å². The van der Waals surface area contributed by atoms with Crippen LogP contribution in [0.1, 0.15) is 36.9 Å². The number of carboxylic acid groups (broad SMARTS) is 1. The molecule has 0 aliphatic heterocycles. The molecule has 0 aliphatic carbocycles. The molecule has 4 atom stereocenters. The van der Waals surface area contributed by atoms with E-state index in [4.69, 9.17) is 11.5 Å². The molecule has 4 unspecified atom stereocenters. The van der Waals surface area contributed by atoms with E-state index in [1.807, 2.05) is 36.6 Å². The molecule has 0 saturated carbocycles. The molecule has 13 heteroatoms. The maximum absolute atomic E-state index is 13.4. The molecule has 0 saturated heterocycles. The lowest BCUT2D eigenvalue weighted by Gasteiger charge is -2.25. The fourth-order valence-corrected chi connectivity index (χ4v) is 4.33. The first-order valence-electron chi connectivity index (χ1n) is 12.8. The van der Waals surface area contributed by atoms with E-state index < -0.39 is 47.9 Å². The molecule has 0 radical (unpaired) electrons. The third-order valence-electron chi connectivity index (χ3n) is 6.05. The Balaban J connectivity index is 2.16. The third kappa shape index (κ3) is 11.5. The van der Waals surface area contributed by atoms with Gasteiger partial charge in [0, 0.05) is 24.7 Å². The molecule has 0 spiro atoms. The van der Waals surface area contributed by atoms with Gasteiger partial charge in [-0.25, -0.2) is 9.78 Å². The van der Waals surface area contributed by atoms with Crippen molar-refractivity contribution in [1.29, 1.82) is 0 Å². The molecule has 9 N–H and O–H groups in total. The number of carboxylic acids is 1. The first-order valence-corrected chi connectivity index (χ1v) is 14.2. The average molecular weight is 562 g/mol. The molecule has 2 aromatic rings. The number of imidazole rings is 1. The predicted molar refractivity (Wildman–Crippen MR) is 150 cm³/mol. The Morgan fingerprint density at radius 1 is 0.949 bits per heavy atom. The highest BCUT2D eigenvalue weighted by Crippen LogP contribution is 2.08. The zero-order chi connectivity index (χ0) is 28.6. The van der Waals surface area contributed by atoms with Gasteiger partial charge in [0.05, 0.1) is 12.4 Å². The molecular formula is C26H39N7O5S. The Labute approximate surface area is 232 Å². The second-order valence-corrected chi connectivity index (χ2v) is 10.2. The topological polar surface area (TPSA) is 205 Å². The Kier molecular flexibility index (Phi) is 14.0. The predicted octanol–water partition coefficient (Wildman–Crippen LogP) is -0.0567. The number of aliphatic carboxylic acids is 1. The fraction of sp³-hybridized carbons (Fsp3) is 0.500. The number of unbranched alkanes of at least 4 members (excludes halogenated alkanes) is 1. The van der Waals surface area contributed by atoms with Gasteiger partial charge < -0.3 is 37.5 Å². The molecule has 1 aromatic heterocycles. The van der Waals surface area contributed by atoms with Gasteiger partial charge in [-0.2, -0.15) is 11.8 Å². The van der Waals surface area contributed by atoms with Crippen LogP contribution in [0.3, 0.4) is 0 Å². The van der Waals surface area contributed by atoms with Crippen LogP contribution in [-0.4, -0.2) is 81.5 Å². The number of H-pyrrole nitrogens is 1. The SMILES string of the molecule is CSCCC(NC(=O)C(Cc1ccccc1)NC(=O)C(N)Cc1cnc[nH]1)C(=O)NC(CCCCN)C(=O)O. The lowest BCUT2D eigenvalue weighted by atomic mass is 10.0. The first kappa shape index (κ1) is 31.8. The lowest BCUT2D eigenvalue weighted by Crippen LogP contribution is -2.58. The lowest BCUT2D eigenvalue weighted by molar-refractivity contribution is -0.142. The van der Waals surface area contributed by atoms with E-state index in [9.17, 15) is 24.3 Å². The number of nitrogens with two attached hydrogens (primary N) is 2. The van der Waals surface area contributed by atoms with Crippen LogP contribution in [0.2, 0.25) is 0 Å². The van der Waals surface area contributed by atoms with Crippen molar-refractivity contribution in [2.45, 2.75) is 62.7 Å². The minimum absolute atomic E-state index is 0.170. The van der Waals surface area contributed by atoms with Crippen molar-refractivity contribution >= 4 is 35.5 Å². The maximum Gasteiger partial charge on any atom is 0.326 e. The molecule has 1 aromatic carbocycles. The molecule has 0 bridgehead atoms. The Morgan fingerprint density at radius 2 is 1.62 bits per heavy atom. The number of nitrogens with zero attached hydrogens (tertiary/aromatic N) is 1. The Morgan fingerprint density at radius 3 is 2.23 bits per heavy atom. The van der Waals surface area contributed by atoms with Crippen molar-refractivity contribution in [3.8, 4) is 0 Å². The summed E-state index contributed by atoms with van der Waals surface area (Å²) in [6.45, 7) is 0.423. The number of rotatable bonds is 18. The van der Waals surface area contributed by atoms with E-state index in [0.29, 0.717) is 30.8 Å². The molecule has 0 aliphatic rings. The van der Waals surface area contributed by atoms with Gasteiger partial charge >= 0.3 is 5.97 Å². The second kappa shape index (κ2) is 17.2. The first-order chi connectivity index (χ1) is 18.7. The maximum atomic E-state index is 13.4. The molecular weight excluding hydrogens is 522 g/mol. The molecule has 2 rings (SSSR count). The van der Waals surface area contributed by atoms with Gasteiger partial charge in [-0.3, -0.25) is 14.4 Å². The van der Waals surface area contributed by atoms with Crippen molar-refractivity contribution in [1.82, 2.24) is 25.9 Å². The van der Waals surface area contributed by atoms with Crippen molar-refractivity contribution in [2.24, 2.45) is 11.5 Å². The van der Waals surface area contributed by atoms with E-state index in [0.717, 1.165) is 5.56 Å². The summed E-state index contributed by atoms with van der Waals surface area (Å²) in [5.74, 6) is -2.31. The zero-order valence-electron chi connectivity index (χ0n) is 22.1. The van der Waals surface area contributed by atoms with Crippen LogP contribution < -0.4 is 27.4 Å². The highest BCUT2D eigenvalue weighted by molar-refractivity contribution is 7.98. The smallest absolute Gasteiger partial charge is 0.326 e. The Bertz CT molecular complexity index is 1040. The number of aromatic amines is 1. The molecule has 12 nitrogen and oxygen atoms in total. The second-order valence-electron chi connectivity index (χ2n) is 9.16. The number of amides is 3. The summed E-state index contributed by atoms with van der Waals surface area (Å²) in [5, 5.41) is 17.5. The number of carbonyl (C=O) groups is 4. The van der Waals surface area contributed by atoms with E-state index >= 15 is 0 Å². The molecule has 1 heterocycles. The van der Waals surface area contributed by atoms with Crippen molar-refractivity contribution in [3.05, 3.63) is 54.1 Å². The van der Waals surface area contributed by atoms with Gasteiger partial charge in [-0.1, -0.05) is 30.3 Å². The average Bonchev–Trinajstić information content (AvgIpc) is 3.43. The summed E-state index contributed by atoms with van der Waals surface area (Å²) >= 11 is 1.49. The van der Waals surface area contributed by atoms with Crippen LogP contribution >= 0.6 is 11.8 Å². The molecule has 214 valence electrons. The van der Waals surface area contributed by atoms with Crippen LogP contribution in [0.25, 0.3) is 0 Å². The number of hydrogen-bond donors (Lipinski definition) is 7. The number of hydrogen-bond acceptors (Lipinski definition) is 8. The minimum Gasteiger partial charge on any atom is -0.480 e. The van der Waals surface area contributed by atoms with Crippen LogP contribution in [0.15, 0.2) is 42.9 Å². The summed E-state index contributed by atoms with van der Waals surface area (Å²) < 4.78 is 0. The number of nitrogens with one attached hydrogen (secondary N) is 4. The minimum atomic E-state index is -1.16. The standard InChI is InChI=1S/C26H39N7O5S/c1-39-12-10-20(24(35)32-21(26(37)38)9-5-6-11-27)31-25(36)22(13-17-7-3-2-4-8-17)33-23(34)19(28)14-18-15-29-16-30-18/h2-4,7-8,15-16,19-22H,5-6,9-14,27-28H2,1H3,(H,29,30)(H,31,36)(H,32,35)(H,33,34)(H,37,38). The molecule has 0 fully saturated rings. The number of aromatic nitrogens is 2. The normalized spacial score (nSPS) is 14.0. The van der Waals surface area contributed by atoms with Crippen molar-refractivity contribution in [3.63, 3.8) is 0 Å². The van der Waals surface area contributed by atoms with E-state index in [1.165, 1.54) is 18.1 Å². The summed E-state index contributed by atoms with van der Waals surface area (Å²) in [4.78, 5) is 57.9. The van der Waals surface area contributed by atoms with Crippen LogP contribution in [0.4, 0.5) is 0 Å². The van der Waals surface area contributed by atoms with Gasteiger partial charge in [-0.05, 0) is 49.8 Å².